The molecule has 1 fully saturated rings. The number of nitrogens with two attached hydrogens (primary N) is 1. The number of hydrogen-bond acceptors (Lipinski definition) is 4. The Morgan fingerprint density at radius 3 is 2.60 bits per heavy atom. The highest BCUT2D eigenvalue weighted by atomic mass is 16.2. The summed E-state index contributed by atoms with van der Waals surface area (Å²) < 4.78 is 0. The summed E-state index contributed by atoms with van der Waals surface area (Å²) in [6, 6.07) is 7.13. The van der Waals surface area contributed by atoms with Crippen LogP contribution < -0.4 is 11.1 Å². The van der Waals surface area contributed by atoms with Gasteiger partial charge in [-0.1, -0.05) is 12.1 Å². The van der Waals surface area contributed by atoms with Crippen LogP contribution >= 0.6 is 0 Å². The number of nitrogens with zero attached hydrogens (tertiary/aromatic N) is 2. The third kappa shape index (κ3) is 3.82. The van der Waals surface area contributed by atoms with Crippen molar-refractivity contribution in [3.8, 4) is 0 Å². The van der Waals surface area contributed by atoms with Gasteiger partial charge in [-0.3, -0.25) is 9.59 Å². The average molecular weight is 343 g/mol. The van der Waals surface area contributed by atoms with E-state index < -0.39 is 6.04 Å². The minimum absolute atomic E-state index is 0.00239. The summed E-state index contributed by atoms with van der Waals surface area (Å²) in [7, 11) is 0. The smallest absolute Gasteiger partial charge is 0.287 e. The van der Waals surface area contributed by atoms with E-state index in [1.54, 1.807) is 6.92 Å². The Kier molecular flexibility index (Phi) is 5.03. The fraction of sp³-hybridized carbons (Fsp3) is 0.500. The molecule has 4 N–H and O–H groups in total. The SMILES string of the molecule is CC(NC(=O)c1nc2ccccc2[nH]1)C1CCN(C(=O)[C@H](C)N)CC1. The molecule has 0 radical (unpaired) electrons. The number of aromatic amines is 1. The zero-order valence-corrected chi connectivity index (χ0v) is 14.7. The van der Waals surface area contributed by atoms with E-state index >= 15 is 0 Å². The molecule has 134 valence electrons. The molecule has 0 aliphatic carbocycles. The maximum absolute atomic E-state index is 12.4. The number of rotatable bonds is 4. The van der Waals surface area contributed by atoms with E-state index in [0.717, 1.165) is 23.9 Å². The molecule has 3 rings (SSSR count). The molecule has 1 aromatic carbocycles. The van der Waals surface area contributed by atoms with Gasteiger partial charge in [0.2, 0.25) is 5.91 Å². The Hall–Kier alpha value is -2.41. The third-order valence-electron chi connectivity index (χ3n) is 4.91. The van der Waals surface area contributed by atoms with E-state index in [-0.39, 0.29) is 17.9 Å². The van der Waals surface area contributed by atoms with Gasteiger partial charge in [-0.25, -0.2) is 4.98 Å². The van der Waals surface area contributed by atoms with Gasteiger partial charge in [-0.05, 0) is 44.7 Å². The first kappa shape index (κ1) is 17.4. The number of fused-ring (bicyclic) bond motifs is 1. The van der Waals surface area contributed by atoms with Crippen LogP contribution in [0.25, 0.3) is 11.0 Å². The van der Waals surface area contributed by atoms with Gasteiger partial charge >= 0.3 is 0 Å². The molecule has 2 amide bonds. The van der Waals surface area contributed by atoms with Gasteiger partial charge in [-0.15, -0.1) is 0 Å². The molecule has 7 nitrogen and oxygen atoms in total. The fourth-order valence-electron chi connectivity index (χ4n) is 3.36. The van der Waals surface area contributed by atoms with Crippen molar-refractivity contribution in [2.24, 2.45) is 11.7 Å². The quantitative estimate of drug-likeness (QED) is 0.777. The van der Waals surface area contributed by atoms with E-state index in [1.807, 2.05) is 36.1 Å². The molecule has 2 atom stereocenters. The molecular formula is C18H25N5O2. The Balaban J connectivity index is 1.56. The van der Waals surface area contributed by atoms with Gasteiger partial charge in [0.1, 0.15) is 0 Å². The zero-order chi connectivity index (χ0) is 18.0. The summed E-state index contributed by atoms with van der Waals surface area (Å²) in [4.78, 5) is 33.6. The largest absolute Gasteiger partial charge is 0.347 e. The number of hydrogen-bond donors (Lipinski definition) is 3. The first-order valence-electron chi connectivity index (χ1n) is 8.75. The van der Waals surface area contributed by atoms with Crippen molar-refractivity contribution in [3.63, 3.8) is 0 Å². The second-order valence-electron chi connectivity index (χ2n) is 6.82. The molecule has 1 unspecified atom stereocenters. The van der Waals surface area contributed by atoms with Crippen LogP contribution in [0.15, 0.2) is 24.3 Å². The number of carbonyl (C=O) groups excluding carboxylic acids is 2. The topological polar surface area (TPSA) is 104 Å². The normalized spacial score (nSPS) is 18.1. The number of imidazole rings is 1. The van der Waals surface area contributed by atoms with Crippen molar-refractivity contribution in [2.45, 2.75) is 38.8 Å². The van der Waals surface area contributed by atoms with Gasteiger partial charge in [-0.2, -0.15) is 0 Å². The number of H-pyrrole nitrogens is 1. The molecule has 0 bridgehead atoms. The first-order valence-corrected chi connectivity index (χ1v) is 8.75. The lowest BCUT2D eigenvalue weighted by atomic mass is 9.90. The summed E-state index contributed by atoms with van der Waals surface area (Å²) in [5, 5.41) is 3.03. The summed E-state index contributed by atoms with van der Waals surface area (Å²) >= 11 is 0. The average Bonchev–Trinajstić information content (AvgIpc) is 3.05. The maximum Gasteiger partial charge on any atom is 0.287 e. The highest BCUT2D eigenvalue weighted by Crippen LogP contribution is 2.21. The van der Waals surface area contributed by atoms with Crippen molar-refractivity contribution in [1.82, 2.24) is 20.2 Å². The van der Waals surface area contributed by atoms with Crippen LogP contribution in [0.4, 0.5) is 0 Å². The third-order valence-corrected chi connectivity index (χ3v) is 4.91. The lowest BCUT2D eigenvalue weighted by Gasteiger charge is -2.35. The molecule has 25 heavy (non-hydrogen) atoms. The van der Waals surface area contributed by atoms with Gasteiger partial charge in [0.15, 0.2) is 5.82 Å². The minimum Gasteiger partial charge on any atom is -0.347 e. The Morgan fingerprint density at radius 2 is 1.96 bits per heavy atom. The van der Waals surface area contributed by atoms with Crippen LogP contribution in [0.1, 0.15) is 37.3 Å². The fourth-order valence-corrected chi connectivity index (χ4v) is 3.36. The number of carbonyl (C=O) groups is 2. The standard InChI is InChI=1S/C18H25N5O2/c1-11(19)18(25)23-9-7-13(8-10-23)12(2)20-17(24)16-21-14-5-3-4-6-15(14)22-16/h3-6,11-13H,7-10,19H2,1-2H3,(H,20,24)(H,21,22)/t11-,12?/m0/s1. The second-order valence-corrected chi connectivity index (χ2v) is 6.82. The molecule has 0 saturated carbocycles. The highest BCUT2D eigenvalue weighted by molar-refractivity contribution is 5.94. The van der Waals surface area contributed by atoms with Crippen LogP contribution in [-0.2, 0) is 4.79 Å². The first-order chi connectivity index (χ1) is 12.0. The van der Waals surface area contributed by atoms with Gasteiger partial charge in [0.05, 0.1) is 17.1 Å². The molecule has 2 aromatic rings. The van der Waals surface area contributed by atoms with Gasteiger partial charge in [0.25, 0.3) is 5.91 Å². The molecule has 1 saturated heterocycles. The van der Waals surface area contributed by atoms with E-state index in [4.69, 9.17) is 5.73 Å². The number of nitrogens with one attached hydrogen (secondary N) is 2. The predicted molar refractivity (Wildman–Crippen MR) is 96.0 cm³/mol. The highest BCUT2D eigenvalue weighted by Gasteiger charge is 2.28. The molecule has 1 aliphatic heterocycles. The molecule has 7 heteroatoms. The Morgan fingerprint density at radius 1 is 1.28 bits per heavy atom. The van der Waals surface area contributed by atoms with Crippen molar-refractivity contribution in [2.75, 3.05) is 13.1 Å². The molecule has 2 heterocycles. The molecule has 0 spiro atoms. The number of piperidine rings is 1. The van der Waals surface area contributed by atoms with Crippen LogP contribution in [0, 0.1) is 5.92 Å². The number of aromatic nitrogens is 2. The Bertz CT molecular complexity index is 729. The van der Waals surface area contributed by atoms with E-state index in [0.29, 0.717) is 24.8 Å². The van der Waals surface area contributed by atoms with E-state index in [2.05, 4.69) is 15.3 Å². The van der Waals surface area contributed by atoms with Crippen LogP contribution in [0.2, 0.25) is 0 Å². The van der Waals surface area contributed by atoms with E-state index in [9.17, 15) is 9.59 Å². The summed E-state index contributed by atoms with van der Waals surface area (Å²) in [6.45, 7) is 5.10. The van der Waals surface area contributed by atoms with Crippen LogP contribution in [0.3, 0.4) is 0 Å². The van der Waals surface area contributed by atoms with Gasteiger partial charge in [0, 0.05) is 19.1 Å². The lowest BCUT2D eigenvalue weighted by Crippen LogP contribution is -2.49. The van der Waals surface area contributed by atoms with Crippen molar-refractivity contribution in [1.29, 1.82) is 0 Å². The van der Waals surface area contributed by atoms with E-state index in [1.165, 1.54) is 0 Å². The number of para-hydroxylation sites is 2. The van der Waals surface area contributed by atoms with Crippen LogP contribution in [-0.4, -0.2) is 51.9 Å². The molecule has 1 aromatic heterocycles. The van der Waals surface area contributed by atoms with Crippen molar-refractivity contribution < 1.29 is 9.59 Å². The summed E-state index contributed by atoms with van der Waals surface area (Å²) in [5.41, 5.74) is 7.30. The van der Waals surface area contributed by atoms with Crippen molar-refractivity contribution >= 4 is 22.8 Å². The monoisotopic (exact) mass is 343 g/mol. The minimum atomic E-state index is -0.457. The second kappa shape index (κ2) is 7.23. The number of likely N-dealkylation sites (tertiary alicyclic amines) is 1. The predicted octanol–water partition coefficient (Wildman–Crippen LogP) is 1.27. The lowest BCUT2D eigenvalue weighted by molar-refractivity contribution is -0.133. The Labute approximate surface area is 147 Å². The van der Waals surface area contributed by atoms with Gasteiger partial charge < -0.3 is 20.9 Å². The molecular weight excluding hydrogens is 318 g/mol. The summed E-state index contributed by atoms with van der Waals surface area (Å²) in [5.74, 6) is 0.471. The summed E-state index contributed by atoms with van der Waals surface area (Å²) in [6.07, 6.45) is 1.72. The number of benzene rings is 1. The van der Waals surface area contributed by atoms with Crippen LogP contribution in [0.5, 0.6) is 0 Å². The maximum atomic E-state index is 12.4. The number of amides is 2. The van der Waals surface area contributed by atoms with Crippen molar-refractivity contribution in [3.05, 3.63) is 30.1 Å². The zero-order valence-electron chi connectivity index (χ0n) is 14.7. The molecule has 1 aliphatic rings.